The number of aliphatic hydroxyl groups excluding tert-OH is 1. The van der Waals surface area contributed by atoms with Crippen molar-refractivity contribution in [2.75, 3.05) is 6.61 Å². The van der Waals surface area contributed by atoms with Crippen LogP contribution in [0.5, 0.6) is 0 Å². The molecule has 5 heteroatoms. The maximum atomic E-state index is 11.4. The molecule has 1 aliphatic rings. The molecule has 0 aliphatic heterocycles. The summed E-state index contributed by atoms with van der Waals surface area (Å²) in [5, 5.41) is 17.6. The van der Waals surface area contributed by atoms with Crippen molar-refractivity contribution in [3.63, 3.8) is 0 Å². The first-order valence-corrected chi connectivity index (χ1v) is 9.99. The number of esters is 1. The van der Waals surface area contributed by atoms with E-state index in [4.69, 9.17) is 14.9 Å². The van der Waals surface area contributed by atoms with Crippen molar-refractivity contribution in [2.24, 2.45) is 5.41 Å². The summed E-state index contributed by atoms with van der Waals surface area (Å²) in [4.78, 5) is 21.9. The maximum Gasteiger partial charge on any atom is 0.333 e. The largest absolute Gasteiger partial charge is 0.479 e. The molecule has 0 amide bonds. The second-order valence-electron chi connectivity index (χ2n) is 8.22. The zero-order chi connectivity index (χ0) is 22.0. The van der Waals surface area contributed by atoms with Gasteiger partial charge in [0.1, 0.15) is 6.61 Å². The third kappa shape index (κ3) is 9.09. The first-order valence-electron chi connectivity index (χ1n) is 9.99. The van der Waals surface area contributed by atoms with Gasteiger partial charge in [0.15, 0.2) is 6.10 Å². The first kappa shape index (κ1) is 24.6. The van der Waals surface area contributed by atoms with Gasteiger partial charge in [-0.1, -0.05) is 60.9 Å². The summed E-state index contributed by atoms with van der Waals surface area (Å²) in [5.41, 5.74) is 5.20. The number of allylic oxidation sites excluding steroid dienone is 9. The molecule has 1 unspecified atom stereocenters. The molecule has 0 heterocycles. The maximum absolute atomic E-state index is 11.4. The number of aliphatic hydroxyl groups is 1. The molecule has 0 aromatic heterocycles. The summed E-state index contributed by atoms with van der Waals surface area (Å²) < 4.78 is 4.89. The van der Waals surface area contributed by atoms with Gasteiger partial charge in [-0.15, -0.1) is 0 Å². The van der Waals surface area contributed by atoms with Crippen LogP contribution in [0.15, 0.2) is 58.7 Å². The lowest BCUT2D eigenvalue weighted by molar-refractivity contribution is -0.155. The number of hydrogen-bond acceptors (Lipinski definition) is 4. The van der Waals surface area contributed by atoms with Crippen LogP contribution in [0.4, 0.5) is 0 Å². The number of aliphatic carboxylic acids is 1. The molecule has 0 aromatic rings. The molecule has 29 heavy (non-hydrogen) atoms. The van der Waals surface area contributed by atoms with Crippen molar-refractivity contribution in [3.05, 3.63) is 58.7 Å². The molecule has 160 valence electrons. The molecular formula is C24H34O5. The molecule has 2 N–H and O–H groups in total. The van der Waals surface area contributed by atoms with Crippen LogP contribution in [-0.2, 0) is 14.3 Å². The van der Waals surface area contributed by atoms with E-state index in [1.165, 1.54) is 30.4 Å². The minimum atomic E-state index is -1.73. The smallest absolute Gasteiger partial charge is 0.333 e. The Morgan fingerprint density at radius 3 is 2.52 bits per heavy atom. The number of carbonyl (C=O) groups is 2. The average molecular weight is 403 g/mol. The fourth-order valence-corrected chi connectivity index (χ4v) is 3.27. The van der Waals surface area contributed by atoms with Gasteiger partial charge < -0.3 is 14.9 Å². The molecule has 0 spiro atoms. The number of carboxylic acid groups (broad SMARTS) is 1. The Morgan fingerprint density at radius 1 is 1.21 bits per heavy atom. The van der Waals surface area contributed by atoms with E-state index in [1.807, 2.05) is 25.2 Å². The third-order valence-corrected chi connectivity index (χ3v) is 5.07. The predicted molar refractivity (Wildman–Crippen MR) is 115 cm³/mol. The van der Waals surface area contributed by atoms with Crippen LogP contribution in [0, 0.1) is 5.41 Å². The Kier molecular flexibility index (Phi) is 9.83. The van der Waals surface area contributed by atoms with E-state index in [0.29, 0.717) is 0 Å². The summed E-state index contributed by atoms with van der Waals surface area (Å²) in [6, 6.07) is 0. The van der Waals surface area contributed by atoms with Crippen molar-refractivity contribution >= 4 is 11.9 Å². The van der Waals surface area contributed by atoms with E-state index in [-0.39, 0.29) is 12.0 Å². The Balaban J connectivity index is 2.55. The molecule has 0 radical (unpaired) electrons. The molecule has 1 atom stereocenters. The number of carboxylic acids is 1. The van der Waals surface area contributed by atoms with E-state index in [1.54, 1.807) is 6.08 Å². The molecule has 5 nitrogen and oxygen atoms in total. The fourth-order valence-electron chi connectivity index (χ4n) is 3.27. The number of ether oxygens (including phenoxy) is 1. The fraction of sp³-hybridized carbons (Fsp3) is 0.500. The van der Waals surface area contributed by atoms with Gasteiger partial charge in [-0.05, 0) is 57.1 Å². The highest BCUT2D eigenvalue weighted by Gasteiger charge is 2.26. The SMILES string of the molecule is CC1=C(/C=C/C(C)=C/C=C\C(C)=C\COC(=O)CC(O)C(=O)O)C(C)(C)CCC1. The Morgan fingerprint density at radius 2 is 1.90 bits per heavy atom. The van der Waals surface area contributed by atoms with Gasteiger partial charge in [0.2, 0.25) is 0 Å². The van der Waals surface area contributed by atoms with E-state index < -0.39 is 24.5 Å². The lowest BCUT2D eigenvalue weighted by Gasteiger charge is -2.32. The highest BCUT2D eigenvalue weighted by molar-refractivity contribution is 5.80. The Bertz CT molecular complexity index is 747. The zero-order valence-electron chi connectivity index (χ0n) is 18.2. The number of hydrogen-bond donors (Lipinski definition) is 2. The van der Waals surface area contributed by atoms with Gasteiger partial charge in [0.25, 0.3) is 0 Å². The van der Waals surface area contributed by atoms with Crippen LogP contribution in [-0.4, -0.2) is 34.9 Å². The summed E-state index contributed by atoms with van der Waals surface area (Å²) in [6.07, 6.45) is 13.3. The normalized spacial score (nSPS) is 19.1. The van der Waals surface area contributed by atoms with Gasteiger partial charge in [-0.3, -0.25) is 4.79 Å². The topological polar surface area (TPSA) is 83.8 Å². The van der Waals surface area contributed by atoms with Crippen LogP contribution in [0.3, 0.4) is 0 Å². The van der Waals surface area contributed by atoms with Gasteiger partial charge in [-0.25, -0.2) is 4.79 Å². The van der Waals surface area contributed by atoms with Crippen molar-refractivity contribution in [1.29, 1.82) is 0 Å². The molecule has 0 fully saturated rings. The summed E-state index contributed by atoms with van der Waals surface area (Å²) >= 11 is 0. The molecule has 0 aromatic carbocycles. The van der Waals surface area contributed by atoms with E-state index in [2.05, 4.69) is 39.8 Å². The van der Waals surface area contributed by atoms with E-state index in [0.717, 1.165) is 11.1 Å². The summed E-state index contributed by atoms with van der Waals surface area (Å²) in [5.74, 6) is -2.18. The lowest BCUT2D eigenvalue weighted by atomic mass is 9.72. The lowest BCUT2D eigenvalue weighted by Crippen LogP contribution is -2.24. The number of rotatable bonds is 9. The quantitative estimate of drug-likeness (QED) is 0.423. The highest BCUT2D eigenvalue weighted by atomic mass is 16.5. The molecule has 0 saturated carbocycles. The molecule has 1 rings (SSSR count). The van der Waals surface area contributed by atoms with Crippen LogP contribution in [0.1, 0.15) is 60.3 Å². The Labute approximate surface area is 174 Å². The predicted octanol–water partition coefficient (Wildman–Crippen LogP) is 4.90. The molecular weight excluding hydrogens is 368 g/mol. The van der Waals surface area contributed by atoms with Gasteiger partial charge >= 0.3 is 11.9 Å². The van der Waals surface area contributed by atoms with Crippen LogP contribution < -0.4 is 0 Å². The Hall–Kier alpha value is -2.40. The highest BCUT2D eigenvalue weighted by Crippen LogP contribution is 2.40. The van der Waals surface area contributed by atoms with Gasteiger partial charge in [-0.2, -0.15) is 0 Å². The second-order valence-corrected chi connectivity index (χ2v) is 8.22. The van der Waals surface area contributed by atoms with E-state index in [9.17, 15) is 9.59 Å². The van der Waals surface area contributed by atoms with Crippen LogP contribution in [0.25, 0.3) is 0 Å². The molecule has 0 bridgehead atoms. The van der Waals surface area contributed by atoms with Crippen molar-refractivity contribution in [1.82, 2.24) is 0 Å². The van der Waals surface area contributed by atoms with Crippen molar-refractivity contribution in [2.45, 2.75) is 66.4 Å². The van der Waals surface area contributed by atoms with Gasteiger partial charge in [0.05, 0.1) is 6.42 Å². The first-order chi connectivity index (χ1) is 13.5. The standard InChI is InChI=1S/C24H34O5/c1-17(11-12-20-19(3)10-7-14-24(20,4)5)8-6-9-18(2)13-15-29-22(26)16-21(25)23(27)28/h6,8-9,11-13,21,25H,7,10,14-16H2,1-5H3,(H,27,28)/b9-6-,12-11+,17-8+,18-13+. The van der Waals surface area contributed by atoms with Crippen LogP contribution in [0.2, 0.25) is 0 Å². The molecule has 1 aliphatic carbocycles. The van der Waals surface area contributed by atoms with E-state index >= 15 is 0 Å². The van der Waals surface area contributed by atoms with Crippen LogP contribution >= 0.6 is 0 Å². The monoisotopic (exact) mass is 402 g/mol. The zero-order valence-corrected chi connectivity index (χ0v) is 18.2. The van der Waals surface area contributed by atoms with Crippen molar-refractivity contribution < 1.29 is 24.5 Å². The van der Waals surface area contributed by atoms with Crippen molar-refractivity contribution in [3.8, 4) is 0 Å². The summed E-state index contributed by atoms with van der Waals surface area (Å²) in [7, 11) is 0. The third-order valence-electron chi connectivity index (χ3n) is 5.07. The minimum Gasteiger partial charge on any atom is -0.479 e. The minimum absolute atomic E-state index is 0.0342. The second kappa shape index (κ2) is 11.6. The average Bonchev–Trinajstić information content (AvgIpc) is 2.60. The molecule has 0 saturated heterocycles. The summed E-state index contributed by atoms with van der Waals surface area (Å²) in [6.45, 7) is 10.8. The number of carbonyl (C=O) groups excluding carboxylic acids is 1. The van der Waals surface area contributed by atoms with Gasteiger partial charge in [0, 0.05) is 0 Å².